The summed E-state index contributed by atoms with van der Waals surface area (Å²) in [6, 6.07) is 22.9. The first-order chi connectivity index (χ1) is 13.5. The first-order valence-electron chi connectivity index (χ1n) is 8.90. The fourth-order valence-electron chi connectivity index (χ4n) is 3.22. The number of aryl methyl sites for hydroxylation is 1. The molecule has 0 aliphatic carbocycles. The van der Waals surface area contributed by atoms with Crippen molar-refractivity contribution < 1.29 is 17.9 Å². The molecule has 1 saturated heterocycles. The van der Waals surface area contributed by atoms with Gasteiger partial charge in [0, 0.05) is 0 Å². The van der Waals surface area contributed by atoms with Gasteiger partial charge in [-0.25, -0.2) is 13.2 Å². The van der Waals surface area contributed by atoms with Crippen LogP contribution < -0.4 is 4.74 Å². The molecule has 4 rings (SSSR count). The second-order valence-corrected chi connectivity index (χ2v) is 8.53. The van der Waals surface area contributed by atoms with Crippen molar-refractivity contribution in [2.24, 2.45) is 0 Å². The van der Waals surface area contributed by atoms with E-state index in [0.29, 0.717) is 5.75 Å². The number of para-hydroxylation sites is 1. The van der Waals surface area contributed by atoms with Gasteiger partial charge < -0.3 is 4.74 Å². The summed E-state index contributed by atoms with van der Waals surface area (Å²) in [4.78, 5) is 12.9. The lowest BCUT2D eigenvalue weighted by atomic mass is 10.1. The third kappa shape index (κ3) is 3.44. The quantitative estimate of drug-likeness (QED) is 0.377. The van der Waals surface area contributed by atoms with E-state index in [0.717, 1.165) is 11.1 Å². The number of esters is 1. The standard InChI is InChI=1S/C22H19NO4S/c1-16-12-14-19(15-13-16)28(25,26)23-20(17-8-4-2-5-9-17)21(23)22(24)27-18-10-6-3-7-11-18/h2-15,20-21H,1H3/t20-,21+,23?/m1/s1. The van der Waals surface area contributed by atoms with Crippen LogP contribution in [0.25, 0.3) is 0 Å². The lowest BCUT2D eigenvalue weighted by molar-refractivity contribution is -0.134. The zero-order valence-electron chi connectivity index (χ0n) is 15.2. The van der Waals surface area contributed by atoms with Crippen molar-refractivity contribution >= 4 is 16.0 Å². The monoisotopic (exact) mass is 393 g/mol. The van der Waals surface area contributed by atoms with Crippen LogP contribution in [0.4, 0.5) is 0 Å². The van der Waals surface area contributed by atoms with Crippen LogP contribution in [0.15, 0.2) is 89.8 Å². The number of benzene rings is 3. The molecule has 142 valence electrons. The smallest absolute Gasteiger partial charge is 0.331 e. The average molecular weight is 393 g/mol. The summed E-state index contributed by atoms with van der Waals surface area (Å²) in [5.74, 6) is -0.199. The molecule has 1 aliphatic rings. The summed E-state index contributed by atoms with van der Waals surface area (Å²) in [5, 5.41) is 0. The molecule has 3 aromatic rings. The van der Waals surface area contributed by atoms with Gasteiger partial charge in [0.15, 0.2) is 0 Å². The normalized spacial score (nSPS) is 21.1. The van der Waals surface area contributed by atoms with Gasteiger partial charge in [-0.2, -0.15) is 4.31 Å². The first kappa shape index (κ1) is 18.4. The minimum absolute atomic E-state index is 0.161. The molecule has 0 amide bonds. The number of rotatable bonds is 5. The average Bonchev–Trinajstić information content (AvgIpc) is 3.47. The fourth-order valence-corrected chi connectivity index (χ4v) is 4.93. The molecule has 0 aromatic heterocycles. The van der Waals surface area contributed by atoms with Crippen molar-refractivity contribution in [2.75, 3.05) is 0 Å². The van der Waals surface area contributed by atoms with E-state index in [9.17, 15) is 13.2 Å². The summed E-state index contributed by atoms with van der Waals surface area (Å²) in [6.07, 6.45) is 0. The van der Waals surface area contributed by atoms with Crippen molar-refractivity contribution in [2.45, 2.75) is 23.9 Å². The lowest BCUT2D eigenvalue weighted by Crippen LogP contribution is -2.23. The molecule has 0 radical (unpaired) electrons. The third-order valence-electron chi connectivity index (χ3n) is 4.70. The molecule has 5 nitrogen and oxygen atoms in total. The number of nitrogens with zero attached hydrogens (tertiary/aromatic N) is 1. The fraction of sp³-hybridized carbons (Fsp3) is 0.136. The Morgan fingerprint density at radius 1 is 0.857 bits per heavy atom. The Hall–Kier alpha value is -2.96. The minimum Gasteiger partial charge on any atom is -0.425 e. The predicted octanol–water partition coefficient (Wildman–Crippen LogP) is 3.71. The maximum absolute atomic E-state index is 13.2. The van der Waals surface area contributed by atoms with E-state index in [1.165, 1.54) is 4.31 Å². The van der Waals surface area contributed by atoms with E-state index >= 15 is 0 Å². The number of carbonyl (C=O) groups is 1. The molecule has 0 saturated carbocycles. The summed E-state index contributed by atoms with van der Waals surface area (Å²) in [7, 11) is -3.83. The Morgan fingerprint density at radius 2 is 1.43 bits per heavy atom. The molecule has 28 heavy (non-hydrogen) atoms. The van der Waals surface area contributed by atoms with Gasteiger partial charge in [-0.05, 0) is 36.8 Å². The number of sulfonamides is 1. The van der Waals surface area contributed by atoms with Crippen LogP contribution >= 0.6 is 0 Å². The molecule has 1 aliphatic heterocycles. The maximum atomic E-state index is 13.2. The van der Waals surface area contributed by atoms with E-state index in [1.54, 1.807) is 48.5 Å². The van der Waals surface area contributed by atoms with E-state index in [-0.39, 0.29) is 4.90 Å². The van der Waals surface area contributed by atoms with Crippen molar-refractivity contribution in [1.29, 1.82) is 0 Å². The van der Waals surface area contributed by atoms with Crippen LogP contribution in [0.1, 0.15) is 17.2 Å². The molecule has 3 atom stereocenters. The van der Waals surface area contributed by atoms with Crippen LogP contribution in [0, 0.1) is 6.92 Å². The van der Waals surface area contributed by atoms with E-state index < -0.39 is 28.1 Å². The Balaban J connectivity index is 1.67. The summed E-state index contributed by atoms with van der Waals surface area (Å²) in [5.41, 5.74) is 1.72. The van der Waals surface area contributed by atoms with Gasteiger partial charge in [-0.1, -0.05) is 66.2 Å². The first-order valence-corrected chi connectivity index (χ1v) is 10.3. The highest BCUT2D eigenvalue weighted by Crippen LogP contribution is 2.48. The summed E-state index contributed by atoms with van der Waals surface area (Å²) in [6.45, 7) is 1.89. The van der Waals surface area contributed by atoms with Crippen LogP contribution in [-0.2, 0) is 14.8 Å². The lowest BCUT2D eigenvalue weighted by Gasteiger charge is -2.07. The Morgan fingerprint density at radius 3 is 2.04 bits per heavy atom. The van der Waals surface area contributed by atoms with Gasteiger partial charge in [0.2, 0.25) is 10.0 Å². The highest BCUT2D eigenvalue weighted by molar-refractivity contribution is 7.89. The molecule has 6 heteroatoms. The number of carbonyl (C=O) groups excluding carboxylic acids is 1. The van der Waals surface area contributed by atoms with Crippen molar-refractivity contribution in [3.05, 3.63) is 96.1 Å². The number of hydrogen-bond donors (Lipinski definition) is 0. The maximum Gasteiger partial charge on any atom is 0.331 e. The zero-order valence-corrected chi connectivity index (χ0v) is 16.0. The van der Waals surface area contributed by atoms with E-state index in [2.05, 4.69) is 0 Å². The molecule has 0 bridgehead atoms. The predicted molar refractivity (Wildman–Crippen MR) is 105 cm³/mol. The van der Waals surface area contributed by atoms with Crippen molar-refractivity contribution in [1.82, 2.24) is 4.31 Å². The van der Waals surface area contributed by atoms with E-state index in [4.69, 9.17) is 4.74 Å². The summed E-state index contributed by atoms with van der Waals surface area (Å²) < 4.78 is 33.0. The molecule has 0 N–H and O–H groups in total. The van der Waals surface area contributed by atoms with Gasteiger partial charge in [0.25, 0.3) is 0 Å². The topological polar surface area (TPSA) is 63.5 Å². The molecule has 1 unspecified atom stereocenters. The van der Waals surface area contributed by atoms with Gasteiger partial charge in [0.1, 0.15) is 11.8 Å². The van der Waals surface area contributed by atoms with Crippen molar-refractivity contribution in [3.8, 4) is 5.75 Å². The molecule has 0 spiro atoms. The van der Waals surface area contributed by atoms with Crippen LogP contribution in [0.3, 0.4) is 0 Å². The van der Waals surface area contributed by atoms with Crippen LogP contribution in [-0.4, -0.2) is 24.7 Å². The second kappa shape index (κ2) is 7.22. The van der Waals surface area contributed by atoms with E-state index in [1.807, 2.05) is 43.3 Å². The highest BCUT2D eigenvalue weighted by Gasteiger charge is 2.61. The largest absolute Gasteiger partial charge is 0.425 e. The Labute approximate surface area is 164 Å². The molecular formula is C22H19NO4S. The number of hydrogen-bond acceptors (Lipinski definition) is 4. The molecule has 1 fully saturated rings. The summed E-state index contributed by atoms with van der Waals surface area (Å²) >= 11 is 0. The molecule has 1 heterocycles. The second-order valence-electron chi connectivity index (χ2n) is 6.68. The van der Waals surface area contributed by atoms with Gasteiger partial charge >= 0.3 is 5.97 Å². The zero-order chi connectivity index (χ0) is 19.7. The van der Waals surface area contributed by atoms with Gasteiger partial charge in [-0.3, -0.25) is 0 Å². The van der Waals surface area contributed by atoms with Gasteiger partial charge in [-0.15, -0.1) is 0 Å². The number of ether oxygens (including phenoxy) is 1. The van der Waals surface area contributed by atoms with Crippen LogP contribution in [0.2, 0.25) is 0 Å². The molecular weight excluding hydrogens is 374 g/mol. The Kier molecular flexibility index (Phi) is 4.75. The highest BCUT2D eigenvalue weighted by atomic mass is 32.2. The minimum atomic E-state index is -3.83. The third-order valence-corrected chi connectivity index (χ3v) is 6.58. The van der Waals surface area contributed by atoms with Crippen molar-refractivity contribution in [3.63, 3.8) is 0 Å². The molecule has 3 aromatic carbocycles. The van der Waals surface area contributed by atoms with Gasteiger partial charge in [0.05, 0.1) is 10.9 Å². The SMILES string of the molecule is Cc1ccc(S(=O)(=O)N2[C@H](C(=O)Oc3ccccc3)[C@H]2c2ccccc2)cc1. The Bertz CT molecular complexity index is 1080. The van der Waals surface area contributed by atoms with Crippen LogP contribution in [0.5, 0.6) is 5.75 Å².